The molecular weight excluding hydrogens is 402 g/mol. The summed E-state index contributed by atoms with van der Waals surface area (Å²) in [7, 11) is 0. The van der Waals surface area contributed by atoms with E-state index in [4.69, 9.17) is 4.74 Å². The molecule has 184 valence electrons. The Morgan fingerprint density at radius 3 is 2.53 bits per heavy atom. The largest absolute Gasteiger partial charge is 0.481 e. The molecule has 3 N–H and O–H groups in total. The molecule has 4 fully saturated rings. The molecule has 5 unspecified atom stereocenters. The van der Waals surface area contributed by atoms with Gasteiger partial charge >= 0.3 is 5.97 Å². The van der Waals surface area contributed by atoms with E-state index in [1.54, 1.807) is 0 Å². The van der Waals surface area contributed by atoms with Gasteiger partial charge in [-0.1, -0.05) is 27.7 Å². The molecule has 10 atom stereocenters. The van der Waals surface area contributed by atoms with Crippen LogP contribution in [-0.2, 0) is 9.53 Å². The number of hydrogen-bond acceptors (Lipinski definition) is 4. The normalized spacial score (nSPS) is 48.2. The first-order chi connectivity index (χ1) is 15.1. The zero-order valence-electron chi connectivity index (χ0n) is 21.0. The van der Waals surface area contributed by atoms with Gasteiger partial charge in [-0.3, -0.25) is 4.79 Å². The number of aliphatic hydroxyl groups excluding tert-OH is 1. The van der Waals surface area contributed by atoms with Crippen molar-refractivity contribution in [2.45, 2.75) is 104 Å². The molecule has 32 heavy (non-hydrogen) atoms. The minimum Gasteiger partial charge on any atom is -0.481 e. The van der Waals surface area contributed by atoms with Crippen molar-refractivity contribution >= 4 is 5.97 Å². The van der Waals surface area contributed by atoms with Gasteiger partial charge in [-0.05, 0) is 105 Å². The molecule has 0 saturated heterocycles. The Morgan fingerprint density at radius 2 is 1.88 bits per heavy atom. The Kier molecular flexibility index (Phi) is 7.03. The van der Waals surface area contributed by atoms with Gasteiger partial charge in [0, 0.05) is 12.6 Å². The van der Waals surface area contributed by atoms with Gasteiger partial charge in [0.2, 0.25) is 0 Å². The third kappa shape index (κ3) is 4.05. The molecule has 0 radical (unpaired) electrons. The van der Waals surface area contributed by atoms with Crippen LogP contribution in [0.15, 0.2) is 0 Å². The Hall–Kier alpha value is -0.650. The number of hydrogen-bond donors (Lipinski definition) is 3. The topological polar surface area (TPSA) is 78.8 Å². The fourth-order valence-corrected chi connectivity index (χ4v) is 9.00. The average Bonchev–Trinajstić information content (AvgIpc) is 3.05. The van der Waals surface area contributed by atoms with Crippen LogP contribution >= 0.6 is 0 Å². The molecule has 5 nitrogen and oxygen atoms in total. The third-order valence-corrected chi connectivity index (χ3v) is 10.4. The lowest BCUT2D eigenvalue weighted by Gasteiger charge is -2.64. The second-order valence-electron chi connectivity index (χ2n) is 12.5. The van der Waals surface area contributed by atoms with Crippen molar-refractivity contribution in [3.8, 4) is 0 Å². The number of carbonyl (C=O) groups is 1. The highest BCUT2D eigenvalue weighted by atomic mass is 16.5. The van der Waals surface area contributed by atoms with Crippen molar-refractivity contribution in [1.29, 1.82) is 0 Å². The Balaban J connectivity index is 1.65. The van der Waals surface area contributed by atoms with Crippen LogP contribution in [0.1, 0.15) is 86.0 Å². The van der Waals surface area contributed by atoms with Crippen LogP contribution in [0.4, 0.5) is 0 Å². The molecule has 4 saturated carbocycles. The molecule has 4 aliphatic carbocycles. The number of carboxylic acids is 1. The Labute approximate surface area is 195 Å². The first kappa shape index (κ1) is 24.5. The quantitative estimate of drug-likeness (QED) is 0.524. The van der Waals surface area contributed by atoms with Gasteiger partial charge in [0.15, 0.2) is 0 Å². The third-order valence-electron chi connectivity index (χ3n) is 10.4. The summed E-state index contributed by atoms with van der Waals surface area (Å²) in [6.07, 6.45) is 7.74. The highest BCUT2D eigenvalue weighted by Gasteiger charge is 2.64. The van der Waals surface area contributed by atoms with E-state index in [0.29, 0.717) is 42.2 Å². The number of ether oxygens (including phenoxy) is 1. The van der Waals surface area contributed by atoms with Gasteiger partial charge in [0.1, 0.15) is 0 Å². The van der Waals surface area contributed by atoms with E-state index in [1.165, 1.54) is 12.8 Å². The van der Waals surface area contributed by atoms with Gasteiger partial charge in [0.05, 0.1) is 18.1 Å². The molecule has 0 aromatic heterocycles. The summed E-state index contributed by atoms with van der Waals surface area (Å²) in [6, 6.07) is 0.337. The first-order valence-corrected chi connectivity index (χ1v) is 13.4. The van der Waals surface area contributed by atoms with Crippen molar-refractivity contribution < 1.29 is 19.7 Å². The van der Waals surface area contributed by atoms with Crippen molar-refractivity contribution in [1.82, 2.24) is 5.32 Å². The van der Waals surface area contributed by atoms with Gasteiger partial charge in [-0.25, -0.2) is 0 Å². The standard InChI is InChI=1S/C27H47NO4/c1-6-32-23-13-17-7-8-18-19-9-10-20(25(30)31)27(19,5)14-21(28-12-11-16(2)3)24(18)26(17,4)15-22(23)29/h16-24,28-29H,6-15H2,1-5H3,(H,30,31)/t17?,18-,19-,20?,21?,22?,23?,24-,26-,27-/m0/s1. The first-order valence-electron chi connectivity index (χ1n) is 13.4. The molecule has 0 spiro atoms. The Morgan fingerprint density at radius 1 is 1.12 bits per heavy atom. The van der Waals surface area contributed by atoms with Crippen molar-refractivity contribution in [2.75, 3.05) is 13.2 Å². The summed E-state index contributed by atoms with van der Waals surface area (Å²) in [6.45, 7) is 12.9. The van der Waals surface area contributed by atoms with Crippen LogP contribution < -0.4 is 5.32 Å². The minimum absolute atomic E-state index is 0.0290. The van der Waals surface area contributed by atoms with Crippen molar-refractivity contribution in [3.05, 3.63) is 0 Å². The fraction of sp³-hybridized carbons (Fsp3) is 0.963. The number of aliphatic hydroxyl groups is 1. The van der Waals surface area contributed by atoms with E-state index in [0.717, 1.165) is 45.1 Å². The van der Waals surface area contributed by atoms with E-state index in [-0.39, 0.29) is 22.9 Å². The maximum absolute atomic E-state index is 12.2. The molecule has 5 heteroatoms. The lowest BCUT2D eigenvalue weighted by Crippen LogP contribution is -2.64. The number of fused-ring (bicyclic) bond motifs is 5. The summed E-state index contributed by atoms with van der Waals surface area (Å²) in [5, 5.41) is 25.0. The molecule has 4 aliphatic rings. The molecular formula is C27H47NO4. The van der Waals surface area contributed by atoms with Gasteiger partial charge in [-0.2, -0.15) is 0 Å². The summed E-state index contributed by atoms with van der Waals surface area (Å²) >= 11 is 0. The number of aliphatic carboxylic acids is 1. The highest BCUT2D eigenvalue weighted by molar-refractivity contribution is 5.71. The molecule has 0 aliphatic heterocycles. The molecule has 0 aromatic rings. The lowest BCUT2D eigenvalue weighted by molar-refractivity contribution is -0.181. The molecule has 0 bridgehead atoms. The van der Waals surface area contributed by atoms with E-state index in [2.05, 4.69) is 33.0 Å². The van der Waals surface area contributed by atoms with Crippen LogP contribution in [0.3, 0.4) is 0 Å². The molecule has 0 heterocycles. The van der Waals surface area contributed by atoms with Gasteiger partial charge in [-0.15, -0.1) is 0 Å². The van der Waals surface area contributed by atoms with E-state index in [1.807, 2.05) is 6.92 Å². The Bertz CT molecular complexity index is 683. The lowest BCUT2D eigenvalue weighted by atomic mass is 9.43. The SMILES string of the molecule is CCOC1CC2CC[C@@H]3[C@@H](C(NCCC(C)C)C[C@]4(C)C(C(=O)O)CC[C@@H]34)[C@@]2(C)CC1O. The van der Waals surface area contributed by atoms with Crippen LogP contribution in [0, 0.1) is 46.3 Å². The fourth-order valence-electron chi connectivity index (χ4n) is 9.00. The average molecular weight is 450 g/mol. The summed E-state index contributed by atoms with van der Waals surface area (Å²) in [5.74, 6) is 2.00. The minimum atomic E-state index is -0.595. The smallest absolute Gasteiger partial charge is 0.307 e. The predicted molar refractivity (Wildman–Crippen MR) is 126 cm³/mol. The van der Waals surface area contributed by atoms with E-state index >= 15 is 0 Å². The summed E-state index contributed by atoms with van der Waals surface area (Å²) in [4.78, 5) is 12.2. The maximum Gasteiger partial charge on any atom is 0.307 e. The van der Waals surface area contributed by atoms with Crippen molar-refractivity contribution in [3.63, 3.8) is 0 Å². The monoisotopic (exact) mass is 449 g/mol. The van der Waals surface area contributed by atoms with Crippen LogP contribution in [-0.4, -0.2) is 47.6 Å². The summed E-state index contributed by atoms with van der Waals surface area (Å²) < 4.78 is 5.94. The second kappa shape index (κ2) is 9.19. The maximum atomic E-state index is 12.2. The van der Waals surface area contributed by atoms with E-state index in [9.17, 15) is 15.0 Å². The van der Waals surface area contributed by atoms with Gasteiger partial charge < -0.3 is 20.3 Å². The zero-order chi connectivity index (χ0) is 23.3. The van der Waals surface area contributed by atoms with Crippen molar-refractivity contribution in [2.24, 2.45) is 46.3 Å². The van der Waals surface area contributed by atoms with Crippen LogP contribution in [0.5, 0.6) is 0 Å². The number of carboxylic acid groups (broad SMARTS) is 1. The molecule has 4 rings (SSSR count). The van der Waals surface area contributed by atoms with E-state index < -0.39 is 12.1 Å². The zero-order valence-corrected chi connectivity index (χ0v) is 21.0. The summed E-state index contributed by atoms with van der Waals surface area (Å²) in [5.41, 5.74) is -0.0269. The second-order valence-corrected chi connectivity index (χ2v) is 12.5. The number of rotatable bonds is 7. The predicted octanol–water partition coefficient (Wildman–Crippen LogP) is 4.72. The molecule has 0 aromatic carbocycles. The van der Waals surface area contributed by atoms with Crippen LogP contribution in [0.25, 0.3) is 0 Å². The molecule has 0 amide bonds. The van der Waals surface area contributed by atoms with Crippen LogP contribution in [0.2, 0.25) is 0 Å². The number of nitrogens with one attached hydrogen (secondary N) is 1. The van der Waals surface area contributed by atoms with Gasteiger partial charge in [0.25, 0.3) is 0 Å². The highest BCUT2D eigenvalue weighted by Crippen LogP contribution is 2.67.